The summed E-state index contributed by atoms with van der Waals surface area (Å²) in [6.07, 6.45) is 0. The standard InChI is InChI=1S/C25H22N4O5/c1-15(16-10-12-17(13-11-16)25(31)32)26-24(30)23-22(20-8-3-4-9-21(20)28(23)2)27-18-6-5-7-19(14-18)29(33)34/h3-15,27H,1-2H3,(H,26,30)(H,31,32)/t15-/m0/s1. The fourth-order valence-electron chi connectivity index (χ4n) is 3.89. The molecule has 0 aliphatic rings. The molecule has 1 heterocycles. The topological polar surface area (TPSA) is 126 Å². The van der Waals surface area contributed by atoms with Crippen molar-refractivity contribution in [1.29, 1.82) is 0 Å². The van der Waals surface area contributed by atoms with E-state index >= 15 is 0 Å². The highest BCUT2D eigenvalue weighted by Gasteiger charge is 2.23. The lowest BCUT2D eigenvalue weighted by Gasteiger charge is -2.16. The second-order valence-electron chi connectivity index (χ2n) is 7.85. The molecule has 1 atom stereocenters. The highest BCUT2D eigenvalue weighted by atomic mass is 16.6. The number of aromatic carboxylic acids is 1. The van der Waals surface area contributed by atoms with Gasteiger partial charge in [0, 0.05) is 30.3 Å². The van der Waals surface area contributed by atoms with Gasteiger partial charge in [-0.3, -0.25) is 14.9 Å². The average Bonchev–Trinajstić information content (AvgIpc) is 3.10. The van der Waals surface area contributed by atoms with Crippen LogP contribution in [0.4, 0.5) is 17.1 Å². The van der Waals surface area contributed by atoms with Gasteiger partial charge in [0.2, 0.25) is 0 Å². The number of fused-ring (bicyclic) bond motifs is 1. The maximum atomic E-state index is 13.4. The van der Waals surface area contributed by atoms with E-state index in [2.05, 4.69) is 10.6 Å². The van der Waals surface area contributed by atoms with Crippen LogP contribution in [-0.4, -0.2) is 26.5 Å². The van der Waals surface area contributed by atoms with E-state index in [9.17, 15) is 19.7 Å². The molecule has 0 bridgehead atoms. The minimum absolute atomic E-state index is 0.0605. The molecule has 1 aromatic heterocycles. The number of benzene rings is 3. The Morgan fingerprint density at radius 1 is 1.03 bits per heavy atom. The summed E-state index contributed by atoms with van der Waals surface area (Å²) in [6, 6.07) is 19.5. The molecule has 9 heteroatoms. The van der Waals surface area contributed by atoms with Crippen molar-refractivity contribution in [3.8, 4) is 0 Å². The van der Waals surface area contributed by atoms with Gasteiger partial charge in [0.15, 0.2) is 0 Å². The summed E-state index contributed by atoms with van der Waals surface area (Å²) in [5, 5.41) is 27.2. The number of aromatic nitrogens is 1. The predicted molar refractivity (Wildman–Crippen MR) is 129 cm³/mol. The fourth-order valence-corrected chi connectivity index (χ4v) is 3.89. The molecule has 0 spiro atoms. The zero-order valence-corrected chi connectivity index (χ0v) is 18.5. The Labute approximate surface area is 194 Å². The smallest absolute Gasteiger partial charge is 0.335 e. The summed E-state index contributed by atoms with van der Waals surface area (Å²) in [5.74, 6) is -1.36. The number of carbonyl (C=O) groups excluding carboxylic acids is 1. The van der Waals surface area contributed by atoms with E-state index < -0.39 is 10.9 Å². The predicted octanol–water partition coefficient (Wildman–Crippen LogP) is 5.02. The number of anilines is 2. The first-order valence-corrected chi connectivity index (χ1v) is 10.5. The van der Waals surface area contributed by atoms with E-state index in [1.165, 1.54) is 24.3 Å². The van der Waals surface area contributed by atoms with Gasteiger partial charge in [0.25, 0.3) is 11.6 Å². The van der Waals surface area contributed by atoms with Gasteiger partial charge >= 0.3 is 5.97 Å². The quantitative estimate of drug-likeness (QED) is 0.264. The summed E-state index contributed by atoms with van der Waals surface area (Å²) < 4.78 is 1.77. The van der Waals surface area contributed by atoms with Crippen LogP contribution in [0, 0.1) is 10.1 Å². The van der Waals surface area contributed by atoms with E-state index in [-0.39, 0.29) is 23.2 Å². The van der Waals surface area contributed by atoms with Crippen LogP contribution >= 0.6 is 0 Å². The van der Waals surface area contributed by atoms with Crippen molar-refractivity contribution in [2.45, 2.75) is 13.0 Å². The van der Waals surface area contributed by atoms with Crippen molar-refractivity contribution in [1.82, 2.24) is 9.88 Å². The number of carbonyl (C=O) groups is 2. The summed E-state index contributed by atoms with van der Waals surface area (Å²) in [7, 11) is 1.78. The van der Waals surface area contributed by atoms with Crippen molar-refractivity contribution in [3.63, 3.8) is 0 Å². The molecule has 0 fully saturated rings. The van der Waals surface area contributed by atoms with Crippen LogP contribution in [0.15, 0.2) is 72.8 Å². The largest absolute Gasteiger partial charge is 0.478 e. The number of aryl methyl sites for hydroxylation is 1. The van der Waals surface area contributed by atoms with Gasteiger partial charge in [-0.2, -0.15) is 0 Å². The van der Waals surface area contributed by atoms with Crippen LogP contribution in [0.3, 0.4) is 0 Å². The van der Waals surface area contributed by atoms with Crippen LogP contribution in [0.2, 0.25) is 0 Å². The lowest BCUT2D eigenvalue weighted by molar-refractivity contribution is -0.384. The molecule has 0 radical (unpaired) electrons. The van der Waals surface area contributed by atoms with Crippen molar-refractivity contribution >= 4 is 39.8 Å². The van der Waals surface area contributed by atoms with Gasteiger partial charge in [0.1, 0.15) is 5.69 Å². The number of carboxylic acid groups (broad SMARTS) is 1. The van der Waals surface area contributed by atoms with E-state index in [4.69, 9.17) is 5.11 Å². The van der Waals surface area contributed by atoms with Gasteiger partial charge in [-0.05, 0) is 36.8 Å². The van der Waals surface area contributed by atoms with Crippen molar-refractivity contribution in [3.05, 3.63) is 99.7 Å². The minimum atomic E-state index is -1.02. The average molecular weight is 458 g/mol. The van der Waals surface area contributed by atoms with Crippen LogP contribution in [0.5, 0.6) is 0 Å². The molecule has 0 aliphatic heterocycles. The first kappa shape index (κ1) is 22.5. The molecule has 0 saturated heterocycles. The number of hydrogen-bond donors (Lipinski definition) is 3. The van der Waals surface area contributed by atoms with Gasteiger partial charge in [-0.25, -0.2) is 4.79 Å². The van der Waals surface area contributed by atoms with E-state index in [1.54, 1.807) is 35.9 Å². The third-order valence-corrected chi connectivity index (χ3v) is 5.65. The normalized spacial score (nSPS) is 11.7. The highest BCUT2D eigenvalue weighted by Crippen LogP contribution is 2.34. The van der Waals surface area contributed by atoms with Crippen molar-refractivity contribution < 1.29 is 19.6 Å². The first-order valence-electron chi connectivity index (χ1n) is 10.5. The molecule has 0 aliphatic carbocycles. The monoisotopic (exact) mass is 458 g/mol. The number of nitrogens with zero attached hydrogens (tertiary/aromatic N) is 2. The third kappa shape index (κ3) is 4.31. The van der Waals surface area contributed by atoms with Crippen LogP contribution in [0.25, 0.3) is 10.9 Å². The number of nitrogens with one attached hydrogen (secondary N) is 2. The molecule has 4 rings (SSSR count). The molecule has 1 amide bonds. The van der Waals surface area contributed by atoms with Gasteiger partial charge in [-0.1, -0.05) is 36.4 Å². The fraction of sp³-hybridized carbons (Fsp3) is 0.120. The molecule has 0 saturated carbocycles. The number of carboxylic acids is 1. The Morgan fingerprint density at radius 2 is 1.74 bits per heavy atom. The highest BCUT2D eigenvalue weighted by molar-refractivity contribution is 6.09. The number of nitro groups is 1. The summed E-state index contributed by atoms with van der Waals surface area (Å²) in [4.78, 5) is 35.2. The Bertz CT molecular complexity index is 1410. The Balaban J connectivity index is 1.69. The summed E-state index contributed by atoms with van der Waals surface area (Å²) in [6.45, 7) is 1.81. The molecule has 3 N–H and O–H groups in total. The molecule has 172 valence electrons. The summed E-state index contributed by atoms with van der Waals surface area (Å²) >= 11 is 0. The molecular weight excluding hydrogens is 436 g/mol. The van der Waals surface area contributed by atoms with Crippen molar-refractivity contribution in [2.75, 3.05) is 5.32 Å². The molecule has 9 nitrogen and oxygen atoms in total. The maximum absolute atomic E-state index is 13.4. The lowest BCUT2D eigenvalue weighted by Crippen LogP contribution is -2.29. The second-order valence-corrected chi connectivity index (χ2v) is 7.85. The number of para-hydroxylation sites is 1. The first-order chi connectivity index (χ1) is 16.3. The molecule has 0 unspecified atom stereocenters. The zero-order valence-electron chi connectivity index (χ0n) is 18.5. The Morgan fingerprint density at radius 3 is 2.41 bits per heavy atom. The minimum Gasteiger partial charge on any atom is -0.478 e. The summed E-state index contributed by atoms with van der Waals surface area (Å²) in [5.41, 5.74) is 3.06. The van der Waals surface area contributed by atoms with Crippen LogP contribution in [-0.2, 0) is 7.05 Å². The molecule has 4 aromatic rings. The van der Waals surface area contributed by atoms with E-state index in [0.717, 1.165) is 16.5 Å². The number of non-ortho nitro benzene ring substituents is 1. The zero-order chi connectivity index (χ0) is 24.4. The van der Waals surface area contributed by atoms with Gasteiger partial charge in [0.05, 0.1) is 27.7 Å². The molecule has 34 heavy (non-hydrogen) atoms. The molecule has 3 aromatic carbocycles. The number of rotatable bonds is 7. The van der Waals surface area contributed by atoms with Crippen LogP contribution in [0.1, 0.15) is 39.4 Å². The lowest BCUT2D eigenvalue weighted by atomic mass is 10.1. The van der Waals surface area contributed by atoms with Crippen molar-refractivity contribution in [2.24, 2.45) is 7.05 Å². The number of hydrogen-bond acceptors (Lipinski definition) is 5. The Kier molecular flexibility index (Phi) is 6.01. The number of nitro benzene ring substituents is 1. The Hall–Kier alpha value is -4.66. The maximum Gasteiger partial charge on any atom is 0.335 e. The van der Waals surface area contributed by atoms with Crippen LogP contribution < -0.4 is 10.6 Å². The number of amides is 1. The molecular formula is C25H22N4O5. The SMILES string of the molecule is C[C@H](NC(=O)c1c(Nc2cccc([N+](=O)[O-])c2)c2ccccc2n1C)c1ccc(C(=O)O)cc1. The second kappa shape index (κ2) is 9.07. The van der Waals surface area contributed by atoms with Gasteiger partial charge in [-0.15, -0.1) is 0 Å². The van der Waals surface area contributed by atoms with E-state index in [1.807, 2.05) is 31.2 Å². The van der Waals surface area contributed by atoms with Gasteiger partial charge < -0.3 is 20.3 Å². The third-order valence-electron chi connectivity index (χ3n) is 5.65. The van der Waals surface area contributed by atoms with E-state index in [0.29, 0.717) is 17.1 Å².